The highest BCUT2D eigenvalue weighted by molar-refractivity contribution is 5.83. The van der Waals surface area contributed by atoms with Crippen molar-refractivity contribution < 1.29 is 9.53 Å². The van der Waals surface area contributed by atoms with Crippen LogP contribution in [0.2, 0.25) is 0 Å². The van der Waals surface area contributed by atoms with Gasteiger partial charge in [0.2, 0.25) is 0 Å². The quantitative estimate of drug-likeness (QED) is 0.721. The number of hydrogen-bond donors (Lipinski definition) is 1. The van der Waals surface area contributed by atoms with Gasteiger partial charge in [0.15, 0.2) is 0 Å². The normalized spacial score (nSPS) is 9.08. The van der Waals surface area contributed by atoms with Gasteiger partial charge in [0, 0.05) is 6.20 Å². The second-order valence-electron chi connectivity index (χ2n) is 2.01. The van der Waals surface area contributed by atoms with E-state index >= 15 is 0 Å². The Kier molecular flexibility index (Phi) is 3.07. The van der Waals surface area contributed by atoms with Crippen molar-refractivity contribution in [1.82, 2.24) is 4.98 Å². The summed E-state index contributed by atoms with van der Waals surface area (Å²) in [5.41, 5.74) is 0.510. The summed E-state index contributed by atoms with van der Waals surface area (Å²) >= 11 is 0. The number of ether oxygens (including phenoxy) is 1. The van der Waals surface area contributed by atoms with Crippen molar-refractivity contribution in [3.8, 4) is 0 Å². The average Bonchev–Trinajstić information content (AvgIpc) is 2.06. The molecule has 1 N–H and O–H groups in total. The van der Waals surface area contributed by atoms with Gasteiger partial charge in [0.05, 0.1) is 12.3 Å². The minimum atomic E-state index is -0.484. The topological polar surface area (TPSA) is 51.2 Å². The van der Waals surface area contributed by atoms with Gasteiger partial charge in [0.25, 0.3) is 0 Å². The molecule has 0 fully saturated rings. The lowest BCUT2D eigenvalue weighted by molar-refractivity contribution is 0.168. The van der Waals surface area contributed by atoms with E-state index < -0.39 is 6.09 Å². The predicted molar refractivity (Wildman–Crippen MR) is 43.7 cm³/mol. The second kappa shape index (κ2) is 4.33. The molecule has 1 radical (unpaired) electrons. The minimum absolute atomic E-state index is 0.353. The molecule has 0 spiro atoms. The Morgan fingerprint density at radius 2 is 2.67 bits per heavy atom. The maximum absolute atomic E-state index is 10.8. The number of nitrogens with zero attached hydrogens (tertiary/aromatic N) is 1. The van der Waals surface area contributed by atoms with E-state index in [2.05, 4.69) is 21.2 Å². The largest absolute Gasteiger partial charge is 0.450 e. The summed E-state index contributed by atoms with van der Waals surface area (Å²) in [7, 11) is 0. The molecular weight excluding hydrogens is 156 g/mol. The first-order valence-electron chi connectivity index (χ1n) is 3.59. The van der Waals surface area contributed by atoms with Gasteiger partial charge >= 0.3 is 6.09 Å². The van der Waals surface area contributed by atoms with E-state index in [1.807, 2.05) is 0 Å². The maximum atomic E-state index is 10.8. The fourth-order valence-corrected chi connectivity index (χ4v) is 0.673. The molecule has 0 saturated heterocycles. The van der Waals surface area contributed by atoms with Crippen molar-refractivity contribution in [2.75, 3.05) is 11.9 Å². The van der Waals surface area contributed by atoms with Crippen LogP contribution in [0.4, 0.5) is 10.5 Å². The summed E-state index contributed by atoms with van der Waals surface area (Å²) in [5, 5.41) is 2.46. The molecule has 0 aliphatic heterocycles. The van der Waals surface area contributed by atoms with Gasteiger partial charge in [-0.1, -0.05) is 0 Å². The summed E-state index contributed by atoms with van der Waals surface area (Å²) in [5.74, 6) is 0. The van der Waals surface area contributed by atoms with Gasteiger partial charge in [-0.05, 0) is 19.1 Å². The molecule has 0 unspecified atom stereocenters. The van der Waals surface area contributed by atoms with Crippen molar-refractivity contribution in [3.63, 3.8) is 0 Å². The lowest BCUT2D eigenvalue weighted by Crippen LogP contribution is -2.13. The van der Waals surface area contributed by atoms with Crippen LogP contribution in [-0.4, -0.2) is 17.7 Å². The Hall–Kier alpha value is -1.58. The molecule has 12 heavy (non-hydrogen) atoms. The molecule has 1 rings (SSSR count). The number of aromatic nitrogens is 1. The zero-order valence-electron chi connectivity index (χ0n) is 6.70. The van der Waals surface area contributed by atoms with Crippen LogP contribution in [0.5, 0.6) is 0 Å². The number of nitrogens with one attached hydrogen (secondary N) is 1. The van der Waals surface area contributed by atoms with Crippen LogP contribution in [0.1, 0.15) is 6.92 Å². The monoisotopic (exact) mass is 165 g/mol. The van der Waals surface area contributed by atoms with E-state index in [0.29, 0.717) is 12.3 Å². The van der Waals surface area contributed by atoms with Gasteiger partial charge in [-0.3, -0.25) is 10.3 Å². The third-order valence-electron chi connectivity index (χ3n) is 1.12. The molecule has 1 amide bonds. The molecule has 0 bridgehead atoms. The number of pyridine rings is 1. The Morgan fingerprint density at radius 3 is 3.25 bits per heavy atom. The lowest BCUT2D eigenvalue weighted by atomic mass is 10.4. The lowest BCUT2D eigenvalue weighted by Gasteiger charge is -2.02. The first-order chi connectivity index (χ1) is 5.83. The highest BCUT2D eigenvalue weighted by Crippen LogP contribution is 2.01. The van der Waals surface area contributed by atoms with E-state index in [0.717, 1.165) is 0 Å². The number of rotatable bonds is 2. The van der Waals surface area contributed by atoms with E-state index in [1.165, 1.54) is 0 Å². The smallest absolute Gasteiger partial charge is 0.411 e. The second-order valence-corrected chi connectivity index (χ2v) is 2.01. The molecule has 4 nitrogen and oxygen atoms in total. The Bertz CT molecular complexity index is 248. The number of carbonyl (C=O) groups is 1. The molecule has 0 aliphatic rings. The molecule has 0 atom stereocenters. The number of hydrogen-bond acceptors (Lipinski definition) is 3. The van der Waals surface area contributed by atoms with Crippen LogP contribution in [0.25, 0.3) is 0 Å². The molecule has 0 aromatic carbocycles. The third-order valence-corrected chi connectivity index (χ3v) is 1.12. The van der Waals surface area contributed by atoms with Crippen molar-refractivity contribution >= 4 is 11.8 Å². The minimum Gasteiger partial charge on any atom is -0.450 e. The fraction of sp³-hybridized carbons (Fsp3) is 0.250. The zero-order valence-corrected chi connectivity index (χ0v) is 6.70. The van der Waals surface area contributed by atoms with Crippen LogP contribution in [0.15, 0.2) is 18.3 Å². The number of anilines is 1. The summed E-state index contributed by atoms with van der Waals surface area (Å²) < 4.78 is 4.65. The summed E-state index contributed by atoms with van der Waals surface area (Å²) in [6.07, 6.45) is 3.69. The third kappa shape index (κ3) is 2.57. The highest BCUT2D eigenvalue weighted by atomic mass is 16.5. The molecule has 1 heterocycles. The first kappa shape index (κ1) is 8.52. The SMILES string of the molecule is CCOC(=O)Nc1[c]nccc1. The fourth-order valence-electron chi connectivity index (χ4n) is 0.673. The van der Waals surface area contributed by atoms with Gasteiger partial charge in [-0.2, -0.15) is 0 Å². The first-order valence-corrected chi connectivity index (χ1v) is 3.59. The average molecular weight is 165 g/mol. The van der Waals surface area contributed by atoms with Crippen molar-refractivity contribution in [2.45, 2.75) is 6.92 Å². The van der Waals surface area contributed by atoms with E-state index in [9.17, 15) is 4.79 Å². The zero-order chi connectivity index (χ0) is 8.81. The molecule has 1 aromatic heterocycles. The van der Waals surface area contributed by atoms with Crippen molar-refractivity contribution in [3.05, 3.63) is 24.5 Å². The molecule has 0 aliphatic carbocycles. The van der Waals surface area contributed by atoms with Crippen molar-refractivity contribution in [2.24, 2.45) is 0 Å². The maximum Gasteiger partial charge on any atom is 0.411 e. The van der Waals surface area contributed by atoms with E-state index in [4.69, 9.17) is 0 Å². The number of amides is 1. The highest BCUT2D eigenvalue weighted by Gasteiger charge is 1.99. The van der Waals surface area contributed by atoms with Crippen LogP contribution in [0.3, 0.4) is 0 Å². The molecule has 4 heteroatoms. The van der Waals surface area contributed by atoms with Gasteiger partial charge in [0.1, 0.15) is 6.20 Å². The summed E-state index contributed by atoms with van der Waals surface area (Å²) in [6, 6.07) is 3.39. The number of carbonyl (C=O) groups excluding carboxylic acids is 1. The van der Waals surface area contributed by atoms with Crippen molar-refractivity contribution in [1.29, 1.82) is 0 Å². The predicted octanol–water partition coefficient (Wildman–Crippen LogP) is 1.45. The molecular formula is C8H9N2O2. The van der Waals surface area contributed by atoms with E-state index in [-0.39, 0.29) is 0 Å². The Balaban J connectivity index is 2.47. The summed E-state index contributed by atoms with van der Waals surface area (Å²) in [4.78, 5) is 14.5. The molecule has 0 saturated carbocycles. The summed E-state index contributed by atoms with van der Waals surface area (Å²) in [6.45, 7) is 2.10. The van der Waals surface area contributed by atoms with Crippen LogP contribution in [-0.2, 0) is 4.74 Å². The van der Waals surface area contributed by atoms with E-state index in [1.54, 1.807) is 25.3 Å². The van der Waals surface area contributed by atoms with Gasteiger partial charge in [-0.15, -0.1) is 0 Å². The van der Waals surface area contributed by atoms with Crippen LogP contribution in [0, 0.1) is 6.20 Å². The van der Waals surface area contributed by atoms with Gasteiger partial charge < -0.3 is 4.74 Å². The van der Waals surface area contributed by atoms with Crippen LogP contribution < -0.4 is 5.32 Å². The molecule has 63 valence electrons. The Labute approximate surface area is 70.6 Å². The van der Waals surface area contributed by atoms with Crippen LogP contribution >= 0.6 is 0 Å². The Morgan fingerprint density at radius 1 is 1.83 bits per heavy atom. The molecule has 1 aromatic rings. The van der Waals surface area contributed by atoms with Gasteiger partial charge in [-0.25, -0.2) is 4.79 Å². The standard InChI is InChI=1S/C8H9N2O2/c1-2-12-8(11)10-7-4-3-5-9-6-7/h3-5H,2H2,1H3,(H,10,11).